The molecule has 6 heteroatoms. The van der Waals surface area contributed by atoms with Gasteiger partial charge in [0, 0.05) is 12.3 Å². The van der Waals surface area contributed by atoms with E-state index in [4.69, 9.17) is 23.2 Å². The van der Waals surface area contributed by atoms with Crippen LogP contribution in [0, 0.1) is 5.92 Å². The van der Waals surface area contributed by atoms with Crippen LogP contribution in [0.2, 0.25) is 10.0 Å². The molecule has 0 bridgehead atoms. The van der Waals surface area contributed by atoms with Crippen molar-refractivity contribution in [2.24, 2.45) is 5.92 Å². The van der Waals surface area contributed by atoms with E-state index in [1.54, 1.807) is 6.07 Å². The van der Waals surface area contributed by atoms with Gasteiger partial charge in [0.25, 0.3) is 0 Å². The molecule has 1 fully saturated rings. The Morgan fingerprint density at radius 1 is 1.24 bits per heavy atom. The third-order valence-corrected chi connectivity index (χ3v) is 6.74. The lowest BCUT2D eigenvalue weighted by molar-refractivity contribution is 0.282. The molecule has 0 saturated heterocycles. The van der Waals surface area contributed by atoms with E-state index in [0.29, 0.717) is 22.4 Å². The number of hydrogen-bond donors (Lipinski definition) is 1. The van der Waals surface area contributed by atoms with Gasteiger partial charge in [0.1, 0.15) is 9.84 Å². The highest BCUT2D eigenvalue weighted by molar-refractivity contribution is 7.91. The molecule has 1 aliphatic carbocycles. The van der Waals surface area contributed by atoms with Crippen molar-refractivity contribution in [2.75, 3.05) is 13.3 Å². The van der Waals surface area contributed by atoms with Gasteiger partial charge in [-0.15, -0.1) is 0 Å². The van der Waals surface area contributed by atoms with Crippen molar-refractivity contribution in [3.8, 4) is 0 Å². The smallest absolute Gasteiger partial charge is 0.150 e. The molecule has 3 nitrogen and oxygen atoms in total. The van der Waals surface area contributed by atoms with Crippen molar-refractivity contribution < 1.29 is 8.42 Å². The van der Waals surface area contributed by atoms with Crippen LogP contribution in [-0.2, 0) is 9.84 Å². The third kappa shape index (κ3) is 4.13. The summed E-state index contributed by atoms with van der Waals surface area (Å²) in [6, 6.07) is 5.72. The Balaban J connectivity index is 2.22. The predicted octanol–water partition coefficient (Wildman–Crippen LogP) is 3.86. The van der Waals surface area contributed by atoms with E-state index in [9.17, 15) is 8.42 Å². The van der Waals surface area contributed by atoms with Gasteiger partial charge in [-0.05, 0) is 49.9 Å². The van der Waals surface area contributed by atoms with Crippen LogP contribution in [-0.4, -0.2) is 27.0 Å². The number of benzene rings is 1. The van der Waals surface area contributed by atoms with Crippen molar-refractivity contribution in [2.45, 2.75) is 37.0 Å². The standard InChI is InChI=1S/C15H21Cl2NO2S/c1-18-15(11-6-7-13(16)14(17)9-11)10-4-3-5-12(8-10)21(2,19)20/h6-7,9-10,12,15,18H,3-5,8H2,1-2H3. The predicted molar refractivity (Wildman–Crippen MR) is 88.9 cm³/mol. The van der Waals surface area contributed by atoms with Gasteiger partial charge in [-0.2, -0.15) is 0 Å². The van der Waals surface area contributed by atoms with E-state index in [0.717, 1.165) is 24.8 Å². The molecule has 1 N–H and O–H groups in total. The zero-order valence-corrected chi connectivity index (χ0v) is 14.6. The zero-order valence-electron chi connectivity index (χ0n) is 12.3. The fourth-order valence-electron chi connectivity index (χ4n) is 3.25. The molecule has 0 aromatic heterocycles. The first-order valence-electron chi connectivity index (χ1n) is 7.14. The van der Waals surface area contributed by atoms with Crippen molar-refractivity contribution in [1.82, 2.24) is 5.32 Å². The van der Waals surface area contributed by atoms with Gasteiger partial charge in [-0.25, -0.2) is 8.42 Å². The number of rotatable bonds is 4. The maximum Gasteiger partial charge on any atom is 0.150 e. The molecule has 0 spiro atoms. The minimum Gasteiger partial charge on any atom is -0.313 e. The van der Waals surface area contributed by atoms with E-state index in [2.05, 4.69) is 5.32 Å². The summed E-state index contributed by atoms with van der Waals surface area (Å²) in [5.74, 6) is 0.292. The molecule has 0 radical (unpaired) electrons. The second-order valence-electron chi connectivity index (χ2n) is 5.82. The van der Waals surface area contributed by atoms with E-state index in [1.807, 2.05) is 19.2 Å². The van der Waals surface area contributed by atoms with E-state index < -0.39 is 9.84 Å². The summed E-state index contributed by atoms with van der Waals surface area (Å²) >= 11 is 12.1. The minimum absolute atomic E-state index is 0.101. The highest BCUT2D eigenvalue weighted by Gasteiger charge is 2.33. The molecule has 1 aromatic rings. The number of sulfone groups is 1. The summed E-state index contributed by atoms with van der Waals surface area (Å²) in [6.45, 7) is 0. The van der Waals surface area contributed by atoms with Gasteiger partial charge in [-0.3, -0.25) is 0 Å². The summed E-state index contributed by atoms with van der Waals surface area (Å²) in [4.78, 5) is 0. The largest absolute Gasteiger partial charge is 0.313 e. The van der Waals surface area contributed by atoms with Crippen LogP contribution in [0.3, 0.4) is 0 Å². The van der Waals surface area contributed by atoms with Crippen LogP contribution in [0.15, 0.2) is 18.2 Å². The monoisotopic (exact) mass is 349 g/mol. The Morgan fingerprint density at radius 3 is 2.52 bits per heavy atom. The molecular formula is C15H21Cl2NO2S. The van der Waals surface area contributed by atoms with Gasteiger partial charge in [-0.1, -0.05) is 35.7 Å². The van der Waals surface area contributed by atoms with Gasteiger partial charge in [0.05, 0.1) is 15.3 Å². The van der Waals surface area contributed by atoms with Gasteiger partial charge in [0.2, 0.25) is 0 Å². The van der Waals surface area contributed by atoms with Crippen molar-refractivity contribution in [1.29, 1.82) is 0 Å². The van der Waals surface area contributed by atoms with Gasteiger partial charge in [0.15, 0.2) is 0 Å². The topological polar surface area (TPSA) is 46.2 Å². The molecule has 1 aliphatic rings. The van der Waals surface area contributed by atoms with Crippen molar-refractivity contribution in [3.05, 3.63) is 33.8 Å². The third-order valence-electron chi connectivity index (χ3n) is 4.36. The molecule has 0 amide bonds. The average Bonchev–Trinajstić information content (AvgIpc) is 2.43. The average molecular weight is 350 g/mol. The maximum absolute atomic E-state index is 11.8. The molecule has 1 saturated carbocycles. The minimum atomic E-state index is -2.97. The summed E-state index contributed by atoms with van der Waals surface area (Å²) in [6.07, 6.45) is 4.78. The van der Waals surface area contributed by atoms with Crippen molar-refractivity contribution >= 4 is 33.0 Å². The molecule has 0 heterocycles. The zero-order chi connectivity index (χ0) is 15.6. The fourth-order valence-corrected chi connectivity index (χ4v) is 4.75. The van der Waals surface area contributed by atoms with E-state index in [-0.39, 0.29) is 11.3 Å². The van der Waals surface area contributed by atoms with Gasteiger partial charge >= 0.3 is 0 Å². The van der Waals surface area contributed by atoms with Crippen LogP contribution in [0.5, 0.6) is 0 Å². The first-order chi connectivity index (χ1) is 9.82. The number of hydrogen-bond acceptors (Lipinski definition) is 3. The van der Waals surface area contributed by atoms with Gasteiger partial charge < -0.3 is 5.32 Å². The molecule has 118 valence electrons. The lowest BCUT2D eigenvalue weighted by Crippen LogP contribution is -2.34. The molecule has 3 unspecified atom stereocenters. The van der Waals surface area contributed by atoms with Crippen LogP contribution in [0.4, 0.5) is 0 Å². The molecule has 21 heavy (non-hydrogen) atoms. The Hall–Kier alpha value is -0.290. The SMILES string of the molecule is CNC(c1ccc(Cl)c(Cl)c1)C1CCCC(S(C)(=O)=O)C1. The van der Waals surface area contributed by atoms with Crippen LogP contribution in [0.25, 0.3) is 0 Å². The van der Waals surface area contributed by atoms with Crippen molar-refractivity contribution in [3.63, 3.8) is 0 Å². The number of nitrogens with one attached hydrogen (secondary N) is 1. The second-order valence-corrected chi connectivity index (χ2v) is 8.96. The van der Waals surface area contributed by atoms with Crippen LogP contribution < -0.4 is 5.32 Å². The lowest BCUT2D eigenvalue weighted by Gasteiger charge is -2.34. The van der Waals surface area contributed by atoms with Crippen LogP contribution in [0.1, 0.15) is 37.3 Å². The lowest BCUT2D eigenvalue weighted by atomic mass is 9.81. The first-order valence-corrected chi connectivity index (χ1v) is 9.85. The highest BCUT2D eigenvalue weighted by Crippen LogP contribution is 2.38. The summed E-state index contributed by atoms with van der Waals surface area (Å²) < 4.78 is 23.6. The summed E-state index contributed by atoms with van der Waals surface area (Å²) in [5, 5.41) is 4.15. The highest BCUT2D eigenvalue weighted by atomic mass is 35.5. The second kappa shape index (κ2) is 6.86. The van der Waals surface area contributed by atoms with Crippen LogP contribution >= 0.6 is 23.2 Å². The first kappa shape index (κ1) is 17.1. The number of halogens is 2. The molecule has 0 aliphatic heterocycles. The summed E-state index contributed by atoms with van der Waals surface area (Å²) in [5.41, 5.74) is 1.06. The Bertz CT molecular complexity index is 604. The molecule has 2 rings (SSSR count). The Labute approximate surface area is 136 Å². The molecular weight excluding hydrogens is 329 g/mol. The molecule has 3 atom stereocenters. The normalized spacial score (nSPS) is 24.8. The summed E-state index contributed by atoms with van der Waals surface area (Å²) in [7, 11) is -1.07. The maximum atomic E-state index is 11.8. The molecule has 1 aromatic carbocycles. The quantitative estimate of drug-likeness (QED) is 0.897. The Morgan fingerprint density at radius 2 is 1.95 bits per heavy atom. The van der Waals surface area contributed by atoms with E-state index in [1.165, 1.54) is 6.26 Å². The Kier molecular flexibility index (Phi) is 5.58. The fraction of sp³-hybridized carbons (Fsp3) is 0.600. The van der Waals surface area contributed by atoms with E-state index >= 15 is 0 Å².